The lowest BCUT2D eigenvalue weighted by Gasteiger charge is -2.35. The molecule has 0 unspecified atom stereocenters. The summed E-state index contributed by atoms with van der Waals surface area (Å²) in [5, 5.41) is 8.18. The third-order valence-corrected chi connectivity index (χ3v) is 2.09. The average Bonchev–Trinajstić information content (AvgIpc) is 2.22. The average molecular weight is 344 g/mol. The van der Waals surface area contributed by atoms with E-state index in [2.05, 4.69) is 4.74 Å². The zero-order valence-corrected chi connectivity index (χ0v) is 9.63. The van der Waals surface area contributed by atoms with Gasteiger partial charge in [-0.3, -0.25) is 4.74 Å². The van der Waals surface area contributed by atoms with Crippen LogP contribution in [-0.4, -0.2) is 42.0 Å². The summed E-state index contributed by atoms with van der Waals surface area (Å²) in [6, 6.07) is 0. The van der Waals surface area contributed by atoms with Crippen molar-refractivity contribution in [2.75, 3.05) is 6.61 Å². The molecule has 128 valence electrons. The first-order chi connectivity index (χ1) is 9.02. The van der Waals surface area contributed by atoms with E-state index in [-0.39, 0.29) is 0 Å². The molecule has 2 nitrogen and oxygen atoms in total. The Morgan fingerprint density at radius 3 is 1.43 bits per heavy atom. The molecule has 1 N–H and O–H groups in total. The van der Waals surface area contributed by atoms with Crippen LogP contribution in [0, 0.1) is 0 Å². The van der Waals surface area contributed by atoms with Gasteiger partial charge in [-0.25, -0.2) is 4.39 Å². The Morgan fingerprint density at radius 2 is 1.14 bits per heavy atom. The summed E-state index contributed by atoms with van der Waals surface area (Å²) in [6.07, 6.45) is -23.4. The molecular formula is C8H7F11O2. The third kappa shape index (κ3) is 4.08. The molecule has 21 heavy (non-hydrogen) atoms. The van der Waals surface area contributed by atoms with Crippen LogP contribution >= 0.6 is 0 Å². The smallest absolute Gasteiger partial charge is 0.396 e. The van der Waals surface area contributed by atoms with E-state index in [0.717, 1.165) is 0 Å². The van der Waals surface area contributed by atoms with E-state index in [0.29, 0.717) is 0 Å². The van der Waals surface area contributed by atoms with Gasteiger partial charge in [0.15, 0.2) is 0 Å². The number of ether oxygens (including phenoxy) is 1. The normalized spacial score (nSPS) is 17.7. The molecule has 0 fully saturated rings. The van der Waals surface area contributed by atoms with Crippen molar-refractivity contribution in [2.45, 2.75) is 43.1 Å². The molecule has 0 aromatic rings. The monoisotopic (exact) mass is 344 g/mol. The molecule has 0 aliphatic rings. The number of hydrogen-bond donors (Lipinski definition) is 1. The highest BCUT2D eigenvalue weighted by molar-refractivity contribution is 4.89. The van der Waals surface area contributed by atoms with Gasteiger partial charge in [0.2, 0.25) is 0 Å². The number of hydrogen-bond acceptors (Lipinski definition) is 2. The molecule has 0 saturated carbocycles. The Kier molecular flexibility index (Phi) is 5.51. The summed E-state index contributed by atoms with van der Waals surface area (Å²) in [6.45, 7) is -1.17. The van der Waals surface area contributed by atoms with Crippen LogP contribution in [0.25, 0.3) is 0 Å². The van der Waals surface area contributed by atoms with Gasteiger partial charge in [0.1, 0.15) is 0 Å². The molecule has 1 atom stereocenters. The fourth-order valence-corrected chi connectivity index (χ4v) is 0.989. The van der Waals surface area contributed by atoms with Gasteiger partial charge in [-0.05, 0) is 6.42 Å². The van der Waals surface area contributed by atoms with E-state index in [1.54, 1.807) is 0 Å². The number of aliphatic hydroxyl groups excluding tert-OH is 1. The minimum atomic E-state index is -7.05. The summed E-state index contributed by atoms with van der Waals surface area (Å²) >= 11 is 0. The minimum absolute atomic E-state index is 1.17. The van der Waals surface area contributed by atoms with Crippen molar-refractivity contribution in [1.29, 1.82) is 0 Å². The lowest BCUT2D eigenvalue weighted by molar-refractivity contribution is -0.483. The van der Waals surface area contributed by atoms with Gasteiger partial charge in [-0.1, -0.05) is 0 Å². The number of aliphatic hydroxyl groups is 1. The highest BCUT2D eigenvalue weighted by Gasteiger charge is 2.78. The predicted molar refractivity (Wildman–Crippen MR) is 43.2 cm³/mol. The standard InChI is InChI=1S/C8H7F11O2/c9-4(2-1-3-20,6(12,13)14)21-8(18,19)5(10,11)7(15,16)17/h20H,1-3H2/t4-/m0/s1. The molecule has 0 rings (SSSR count). The maximum absolute atomic E-state index is 13.3. The summed E-state index contributed by atoms with van der Waals surface area (Å²) in [5.74, 6) is -12.5. The summed E-state index contributed by atoms with van der Waals surface area (Å²) < 4.78 is 137. The molecule has 0 aliphatic heterocycles. The van der Waals surface area contributed by atoms with Crippen molar-refractivity contribution in [3.8, 4) is 0 Å². The zero-order valence-electron chi connectivity index (χ0n) is 9.63. The second-order valence-electron chi connectivity index (χ2n) is 3.74. The first-order valence-electron chi connectivity index (χ1n) is 4.91. The van der Waals surface area contributed by atoms with Gasteiger partial charge in [-0.15, -0.1) is 0 Å². The molecule has 0 heterocycles. The van der Waals surface area contributed by atoms with Crippen molar-refractivity contribution < 1.29 is 58.1 Å². The molecule has 0 aliphatic carbocycles. The van der Waals surface area contributed by atoms with Crippen LogP contribution in [-0.2, 0) is 4.74 Å². The Bertz CT molecular complexity index is 347. The van der Waals surface area contributed by atoms with Gasteiger partial charge >= 0.3 is 30.2 Å². The molecular weight excluding hydrogens is 337 g/mol. The molecule has 0 saturated heterocycles. The largest absolute Gasteiger partial charge is 0.462 e. The van der Waals surface area contributed by atoms with Crippen molar-refractivity contribution in [3.05, 3.63) is 0 Å². The Morgan fingerprint density at radius 1 is 0.714 bits per heavy atom. The first kappa shape index (κ1) is 20.1. The van der Waals surface area contributed by atoms with E-state index < -0.39 is 49.7 Å². The van der Waals surface area contributed by atoms with E-state index >= 15 is 0 Å². The highest BCUT2D eigenvalue weighted by Crippen LogP contribution is 2.51. The summed E-state index contributed by atoms with van der Waals surface area (Å²) in [7, 11) is 0. The van der Waals surface area contributed by atoms with Crippen LogP contribution < -0.4 is 0 Å². The van der Waals surface area contributed by atoms with E-state index in [1.165, 1.54) is 0 Å². The molecule has 0 aromatic heterocycles. The van der Waals surface area contributed by atoms with Gasteiger partial charge in [0.25, 0.3) is 0 Å². The predicted octanol–water partition coefficient (Wildman–Crippen LogP) is 3.79. The fraction of sp³-hybridized carbons (Fsp3) is 1.00. The first-order valence-corrected chi connectivity index (χ1v) is 4.91. The quantitative estimate of drug-likeness (QED) is 0.743. The van der Waals surface area contributed by atoms with Crippen LogP contribution in [0.2, 0.25) is 0 Å². The summed E-state index contributed by atoms with van der Waals surface area (Å²) in [4.78, 5) is 0. The third-order valence-electron chi connectivity index (χ3n) is 2.09. The SMILES string of the molecule is OCCC[C@](F)(OC(F)(F)C(F)(F)C(F)(F)F)C(F)(F)F. The van der Waals surface area contributed by atoms with E-state index in [9.17, 15) is 48.3 Å². The van der Waals surface area contributed by atoms with Crippen LogP contribution in [0.5, 0.6) is 0 Å². The molecule has 0 aromatic carbocycles. The molecule has 0 bridgehead atoms. The molecule has 13 heteroatoms. The van der Waals surface area contributed by atoms with Crippen LogP contribution in [0.3, 0.4) is 0 Å². The van der Waals surface area contributed by atoms with Crippen LogP contribution in [0.1, 0.15) is 12.8 Å². The van der Waals surface area contributed by atoms with Crippen LogP contribution in [0.15, 0.2) is 0 Å². The van der Waals surface area contributed by atoms with E-state index in [4.69, 9.17) is 5.11 Å². The zero-order chi connectivity index (χ0) is 17.3. The van der Waals surface area contributed by atoms with Crippen molar-refractivity contribution in [3.63, 3.8) is 0 Å². The van der Waals surface area contributed by atoms with E-state index in [1.807, 2.05) is 0 Å². The summed E-state index contributed by atoms with van der Waals surface area (Å²) in [5.41, 5.74) is 0. The molecule has 0 amide bonds. The number of alkyl halides is 11. The molecule has 0 spiro atoms. The topological polar surface area (TPSA) is 29.5 Å². The Labute approximate surface area is 109 Å². The fourth-order valence-electron chi connectivity index (χ4n) is 0.989. The van der Waals surface area contributed by atoms with Crippen molar-refractivity contribution in [2.24, 2.45) is 0 Å². The van der Waals surface area contributed by atoms with Gasteiger partial charge in [0.05, 0.1) is 0 Å². The minimum Gasteiger partial charge on any atom is -0.396 e. The van der Waals surface area contributed by atoms with Crippen molar-refractivity contribution >= 4 is 0 Å². The van der Waals surface area contributed by atoms with Crippen LogP contribution in [0.4, 0.5) is 48.3 Å². The maximum atomic E-state index is 13.3. The maximum Gasteiger partial charge on any atom is 0.462 e. The second-order valence-corrected chi connectivity index (χ2v) is 3.74. The van der Waals surface area contributed by atoms with Gasteiger partial charge in [0, 0.05) is 13.0 Å². The van der Waals surface area contributed by atoms with Crippen molar-refractivity contribution in [1.82, 2.24) is 0 Å². The Balaban J connectivity index is 5.53. The number of halogens is 11. The van der Waals surface area contributed by atoms with Gasteiger partial charge < -0.3 is 5.11 Å². The Hall–Kier alpha value is -0.850. The lowest BCUT2D eigenvalue weighted by Crippen LogP contribution is -2.59. The lowest BCUT2D eigenvalue weighted by atomic mass is 10.1. The second kappa shape index (κ2) is 5.74. The molecule has 0 radical (unpaired) electrons. The van der Waals surface area contributed by atoms with Gasteiger partial charge in [-0.2, -0.15) is 43.9 Å². The highest BCUT2D eigenvalue weighted by atomic mass is 19.4. The number of rotatable bonds is 6.